The maximum atomic E-state index is 12.6. The van der Waals surface area contributed by atoms with Crippen LogP contribution in [0.25, 0.3) is 16.2 Å². The molecular formula is C12H8F3N3S. The predicted molar refractivity (Wildman–Crippen MR) is 67.9 cm³/mol. The summed E-state index contributed by atoms with van der Waals surface area (Å²) in [6, 6.07) is 5.65. The smallest absolute Gasteiger partial charge is 0.383 e. The minimum Gasteiger partial charge on any atom is -0.383 e. The molecule has 0 spiro atoms. The molecule has 3 heterocycles. The monoisotopic (exact) mass is 283 g/mol. The second kappa shape index (κ2) is 3.99. The van der Waals surface area contributed by atoms with Crippen molar-refractivity contribution in [1.29, 1.82) is 0 Å². The van der Waals surface area contributed by atoms with Gasteiger partial charge in [-0.05, 0) is 23.6 Å². The molecule has 2 N–H and O–H groups in total. The van der Waals surface area contributed by atoms with Gasteiger partial charge in [-0.2, -0.15) is 13.2 Å². The minimum atomic E-state index is -4.38. The number of anilines is 1. The van der Waals surface area contributed by atoms with E-state index in [-0.39, 0.29) is 5.65 Å². The quantitative estimate of drug-likeness (QED) is 0.740. The maximum absolute atomic E-state index is 12.6. The number of thiophene rings is 1. The first kappa shape index (κ1) is 12.0. The second-order valence-corrected chi connectivity index (χ2v) is 4.91. The molecule has 19 heavy (non-hydrogen) atoms. The lowest BCUT2D eigenvalue weighted by atomic mass is 10.2. The van der Waals surface area contributed by atoms with Crippen LogP contribution in [0, 0.1) is 0 Å². The van der Waals surface area contributed by atoms with Crippen LogP contribution in [0.1, 0.15) is 5.56 Å². The molecule has 7 heteroatoms. The van der Waals surface area contributed by atoms with Crippen LogP contribution in [0.15, 0.2) is 35.8 Å². The van der Waals surface area contributed by atoms with Crippen molar-refractivity contribution in [2.24, 2.45) is 0 Å². The van der Waals surface area contributed by atoms with Gasteiger partial charge in [-0.15, -0.1) is 11.3 Å². The van der Waals surface area contributed by atoms with Crippen molar-refractivity contribution in [3.05, 3.63) is 41.4 Å². The first-order chi connectivity index (χ1) is 8.97. The molecule has 0 saturated heterocycles. The van der Waals surface area contributed by atoms with Crippen molar-refractivity contribution >= 4 is 22.8 Å². The van der Waals surface area contributed by atoms with Crippen LogP contribution in [-0.2, 0) is 6.18 Å². The van der Waals surface area contributed by atoms with Crippen LogP contribution in [0.5, 0.6) is 0 Å². The summed E-state index contributed by atoms with van der Waals surface area (Å²) in [5.41, 5.74) is 5.88. The molecule has 98 valence electrons. The van der Waals surface area contributed by atoms with Crippen molar-refractivity contribution in [2.45, 2.75) is 6.18 Å². The topological polar surface area (TPSA) is 43.3 Å². The van der Waals surface area contributed by atoms with Gasteiger partial charge in [0.25, 0.3) is 0 Å². The highest BCUT2D eigenvalue weighted by Crippen LogP contribution is 2.33. The molecule has 0 bridgehead atoms. The summed E-state index contributed by atoms with van der Waals surface area (Å²) >= 11 is 1.44. The van der Waals surface area contributed by atoms with E-state index in [2.05, 4.69) is 4.98 Å². The molecule has 0 fully saturated rings. The number of fused-ring (bicyclic) bond motifs is 1. The average molecular weight is 283 g/mol. The summed E-state index contributed by atoms with van der Waals surface area (Å²) in [6.45, 7) is 0. The number of halogens is 3. The number of nitrogens with two attached hydrogens (primary N) is 1. The zero-order valence-corrected chi connectivity index (χ0v) is 10.3. The number of alkyl halides is 3. The minimum absolute atomic E-state index is 0.190. The van der Waals surface area contributed by atoms with Crippen molar-refractivity contribution < 1.29 is 13.2 Å². The molecule has 0 aromatic carbocycles. The fraction of sp³-hybridized carbons (Fsp3) is 0.0833. The maximum Gasteiger partial charge on any atom is 0.416 e. The highest BCUT2D eigenvalue weighted by Gasteiger charge is 2.31. The first-order valence-corrected chi connectivity index (χ1v) is 6.23. The Kier molecular flexibility index (Phi) is 2.53. The molecule has 3 aromatic rings. The Morgan fingerprint density at radius 3 is 2.68 bits per heavy atom. The number of pyridine rings is 1. The van der Waals surface area contributed by atoms with E-state index in [1.807, 2.05) is 17.5 Å². The van der Waals surface area contributed by atoms with Gasteiger partial charge in [0.1, 0.15) is 17.2 Å². The number of hydrogen-bond donors (Lipinski definition) is 1. The lowest BCUT2D eigenvalue weighted by molar-refractivity contribution is -0.137. The van der Waals surface area contributed by atoms with E-state index in [1.165, 1.54) is 21.9 Å². The van der Waals surface area contributed by atoms with E-state index >= 15 is 0 Å². The van der Waals surface area contributed by atoms with Crippen LogP contribution in [0.3, 0.4) is 0 Å². The molecular weight excluding hydrogens is 275 g/mol. The summed E-state index contributed by atoms with van der Waals surface area (Å²) in [7, 11) is 0. The SMILES string of the molecule is Nc1c(-c2cccs2)nc2cc(C(F)(F)F)ccn12. The Hall–Kier alpha value is -2.02. The molecule has 0 aliphatic rings. The number of nitrogen functional groups attached to an aromatic ring is 1. The third-order valence-corrected chi connectivity index (χ3v) is 3.62. The Labute approximate surface area is 110 Å². The van der Waals surface area contributed by atoms with Crippen LogP contribution >= 0.6 is 11.3 Å². The molecule has 0 aliphatic carbocycles. The zero-order valence-electron chi connectivity index (χ0n) is 9.48. The van der Waals surface area contributed by atoms with Gasteiger partial charge in [-0.25, -0.2) is 4.98 Å². The van der Waals surface area contributed by atoms with Gasteiger partial charge in [-0.1, -0.05) is 6.07 Å². The van der Waals surface area contributed by atoms with Crippen molar-refractivity contribution in [2.75, 3.05) is 5.73 Å². The molecule has 3 rings (SSSR count). The summed E-state index contributed by atoms with van der Waals surface area (Å²) < 4.78 is 39.3. The van der Waals surface area contributed by atoms with Gasteiger partial charge in [0.15, 0.2) is 0 Å². The molecule has 0 radical (unpaired) electrons. The number of nitrogens with zero attached hydrogens (tertiary/aromatic N) is 2. The molecule has 0 aliphatic heterocycles. The van der Waals surface area contributed by atoms with E-state index in [0.717, 1.165) is 17.0 Å². The second-order valence-electron chi connectivity index (χ2n) is 3.96. The van der Waals surface area contributed by atoms with Gasteiger partial charge in [-0.3, -0.25) is 4.40 Å². The van der Waals surface area contributed by atoms with Crippen LogP contribution in [0.2, 0.25) is 0 Å². The standard InChI is InChI=1S/C12H8F3N3S/c13-12(14,15)7-3-4-18-9(6-7)17-10(11(18)16)8-2-1-5-19-8/h1-6H,16H2. The Balaban J connectivity index is 2.21. The van der Waals surface area contributed by atoms with Gasteiger partial charge in [0, 0.05) is 6.20 Å². The summed E-state index contributed by atoms with van der Waals surface area (Å²) in [5.74, 6) is 0.339. The Bertz CT molecular complexity index is 729. The Morgan fingerprint density at radius 2 is 2.05 bits per heavy atom. The lowest BCUT2D eigenvalue weighted by Crippen LogP contribution is -2.05. The lowest BCUT2D eigenvalue weighted by Gasteiger charge is -2.06. The van der Waals surface area contributed by atoms with Crippen molar-refractivity contribution in [3.63, 3.8) is 0 Å². The highest BCUT2D eigenvalue weighted by molar-refractivity contribution is 7.13. The van der Waals surface area contributed by atoms with Crippen molar-refractivity contribution in [3.8, 4) is 10.6 Å². The normalized spacial score (nSPS) is 12.2. The zero-order chi connectivity index (χ0) is 13.6. The summed E-state index contributed by atoms with van der Waals surface area (Å²) in [4.78, 5) is 5.01. The molecule has 3 nitrogen and oxygen atoms in total. The molecule has 3 aromatic heterocycles. The van der Waals surface area contributed by atoms with Crippen LogP contribution < -0.4 is 5.73 Å². The average Bonchev–Trinajstić information content (AvgIpc) is 2.96. The predicted octanol–water partition coefficient (Wildman–Crippen LogP) is 3.66. The van der Waals surface area contributed by atoms with E-state index in [1.54, 1.807) is 0 Å². The number of rotatable bonds is 1. The third-order valence-electron chi connectivity index (χ3n) is 2.74. The number of aromatic nitrogens is 2. The van der Waals surface area contributed by atoms with Gasteiger partial charge in [0.05, 0.1) is 10.4 Å². The van der Waals surface area contributed by atoms with Crippen LogP contribution in [-0.4, -0.2) is 9.38 Å². The van der Waals surface area contributed by atoms with Crippen LogP contribution in [0.4, 0.5) is 19.0 Å². The largest absolute Gasteiger partial charge is 0.416 e. The van der Waals surface area contributed by atoms with Gasteiger partial charge in [0.2, 0.25) is 0 Å². The van der Waals surface area contributed by atoms with E-state index in [9.17, 15) is 13.2 Å². The fourth-order valence-corrected chi connectivity index (χ4v) is 2.56. The highest BCUT2D eigenvalue weighted by atomic mass is 32.1. The molecule has 0 amide bonds. The van der Waals surface area contributed by atoms with Gasteiger partial charge >= 0.3 is 6.18 Å². The van der Waals surface area contributed by atoms with Gasteiger partial charge < -0.3 is 5.73 Å². The third kappa shape index (κ3) is 1.95. The van der Waals surface area contributed by atoms with E-state index in [4.69, 9.17) is 5.73 Å². The Morgan fingerprint density at radius 1 is 1.26 bits per heavy atom. The summed E-state index contributed by atoms with van der Waals surface area (Å²) in [5, 5.41) is 1.86. The van der Waals surface area contributed by atoms with E-state index < -0.39 is 11.7 Å². The molecule has 0 unspecified atom stereocenters. The van der Waals surface area contributed by atoms with E-state index in [0.29, 0.717) is 11.5 Å². The summed E-state index contributed by atoms with van der Waals surface area (Å²) in [6.07, 6.45) is -3.09. The molecule has 0 atom stereocenters. The fourth-order valence-electron chi connectivity index (χ4n) is 1.83. The number of imidazole rings is 1. The molecule has 0 saturated carbocycles. The number of hydrogen-bond acceptors (Lipinski definition) is 3. The van der Waals surface area contributed by atoms with Crippen molar-refractivity contribution in [1.82, 2.24) is 9.38 Å². The first-order valence-electron chi connectivity index (χ1n) is 5.35.